The van der Waals surface area contributed by atoms with Gasteiger partial charge in [0, 0.05) is 13.0 Å². The summed E-state index contributed by atoms with van der Waals surface area (Å²) in [5.74, 6) is -0.136. The molecule has 0 spiro atoms. The van der Waals surface area contributed by atoms with E-state index in [1.807, 2.05) is 6.92 Å². The summed E-state index contributed by atoms with van der Waals surface area (Å²) in [4.78, 5) is 18.7. The standard InChI is InChI=1S/C13H19N5O4/c1-6-7(4-21-3)9(19)12(22-6)18-5-17(2)8-10(18)15-13(14)16-11(8)20/h5-7,9,12,19H,4H2,1-3H3,(H2-,14,15,16,20)/p+1/t6-,7?,9-,12-/m1/s1. The van der Waals surface area contributed by atoms with Crippen LogP contribution in [-0.4, -0.2) is 45.6 Å². The molecule has 1 aliphatic rings. The molecule has 0 bridgehead atoms. The molecule has 0 aliphatic carbocycles. The Morgan fingerprint density at radius 3 is 3.05 bits per heavy atom. The molecular formula is C13H20N5O4+. The molecule has 1 fully saturated rings. The lowest BCUT2D eigenvalue weighted by Crippen LogP contribution is -2.45. The van der Waals surface area contributed by atoms with Crippen molar-refractivity contribution < 1.29 is 19.1 Å². The van der Waals surface area contributed by atoms with Crippen molar-refractivity contribution >= 4 is 17.1 Å². The fourth-order valence-electron chi connectivity index (χ4n) is 3.00. The first-order valence-corrected chi connectivity index (χ1v) is 7.02. The molecule has 0 saturated carbocycles. The average molecular weight is 310 g/mol. The van der Waals surface area contributed by atoms with Crippen molar-refractivity contribution in [2.24, 2.45) is 13.0 Å². The van der Waals surface area contributed by atoms with E-state index in [2.05, 4.69) is 9.97 Å². The summed E-state index contributed by atoms with van der Waals surface area (Å²) in [6.07, 6.45) is 0.0738. The van der Waals surface area contributed by atoms with E-state index in [4.69, 9.17) is 15.2 Å². The molecule has 9 nitrogen and oxygen atoms in total. The monoisotopic (exact) mass is 310 g/mol. The maximum atomic E-state index is 12.0. The second-order valence-corrected chi connectivity index (χ2v) is 5.60. The number of anilines is 1. The van der Waals surface area contributed by atoms with Crippen LogP contribution in [0, 0.1) is 5.92 Å². The van der Waals surface area contributed by atoms with Gasteiger partial charge >= 0.3 is 5.65 Å². The summed E-state index contributed by atoms with van der Waals surface area (Å²) in [6, 6.07) is 0. The fourth-order valence-corrected chi connectivity index (χ4v) is 3.00. The van der Waals surface area contributed by atoms with Crippen LogP contribution in [0.3, 0.4) is 0 Å². The molecule has 1 saturated heterocycles. The summed E-state index contributed by atoms with van der Waals surface area (Å²) in [5.41, 5.74) is 6.03. The Bertz CT molecular complexity index is 755. The molecule has 2 aromatic heterocycles. The Hall–Kier alpha value is -1.97. The Balaban J connectivity index is 2.10. The van der Waals surface area contributed by atoms with Gasteiger partial charge in [-0.3, -0.25) is 14.3 Å². The third kappa shape index (κ3) is 2.18. The van der Waals surface area contributed by atoms with Crippen LogP contribution in [0.15, 0.2) is 11.1 Å². The average Bonchev–Trinajstić information content (AvgIpc) is 2.90. The topological polar surface area (TPSA) is 119 Å². The highest BCUT2D eigenvalue weighted by molar-refractivity contribution is 5.67. The van der Waals surface area contributed by atoms with Crippen molar-refractivity contribution in [2.75, 3.05) is 19.5 Å². The summed E-state index contributed by atoms with van der Waals surface area (Å²) in [6.45, 7) is 2.27. The number of fused-ring (bicyclic) bond motifs is 1. The number of methoxy groups -OCH3 is 1. The smallest absolute Gasteiger partial charge is 0.313 e. The molecule has 4 N–H and O–H groups in total. The molecule has 0 aromatic carbocycles. The largest absolute Gasteiger partial charge is 0.386 e. The van der Waals surface area contributed by atoms with Crippen molar-refractivity contribution in [2.45, 2.75) is 25.4 Å². The number of aromatic amines is 1. The lowest BCUT2D eigenvalue weighted by atomic mass is 10.0. The molecule has 2 aromatic rings. The maximum Gasteiger partial charge on any atom is 0.313 e. The van der Waals surface area contributed by atoms with Gasteiger partial charge in [-0.25, -0.2) is 4.57 Å². The maximum absolute atomic E-state index is 12.0. The van der Waals surface area contributed by atoms with Gasteiger partial charge in [-0.2, -0.15) is 0 Å². The molecule has 3 rings (SSSR count). The molecule has 22 heavy (non-hydrogen) atoms. The minimum absolute atomic E-state index is 0.0198. The zero-order valence-corrected chi connectivity index (χ0v) is 12.7. The molecule has 0 radical (unpaired) electrons. The molecule has 9 heteroatoms. The van der Waals surface area contributed by atoms with Crippen molar-refractivity contribution in [3.05, 3.63) is 16.7 Å². The van der Waals surface area contributed by atoms with Gasteiger partial charge < -0.3 is 20.3 Å². The number of hydrogen-bond acceptors (Lipinski definition) is 6. The highest BCUT2D eigenvalue weighted by Crippen LogP contribution is 2.31. The number of rotatable bonds is 3. The zero-order valence-electron chi connectivity index (χ0n) is 12.7. The van der Waals surface area contributed by atoms with Gasteiger partial charge in [-0.1, -0.05) is 4.98 Å². The summed E-state index contributed by atoms with van der Waals surface area (Å²) >= 11 is 0. The number of aromatic nitrogens is 4. The van der Waals surface area contributed by atoms with E-state index in [1.165, 1.54) is 0 Å². The Labute approximate surface area is 126 Å². The number of aryl methyl sites for hydroxylation is 1. The van der Waals surface area contributed by atoms with E-state index < -0.39 is 12.3 Å². The first-order valence-electron chi connectivity index (χ1n) is 7.02. The molecule has 120 valence electrons. The first kappa shape index (κ1) is 14.9. The normalized spacial score (nSPS) is 28.5. The Kier molecular flexibility index (Phi) is 3.63. The number of nitrogens with two attached hydrogens (primary N) is 1. The minimum atomic E-state index is -0.770. The Morgan fingerprint density at radius 1 is 1.64 bits per heavy atom. The quantitative estimate of drug-likeness (QED) is 0.605. The van der Waals surface area contributed by atoms with Crippen LogP contribution in [-0.2, 0) is 16.5 Å². The van der Waals surface area contributed by atoms with Gasteiger partial charge in [0.2, 0.25) is 11.7 Å². The predicted octanol–water partition coefficient (Wildman–Crippen LogP) is -1.33. The number of ether oxygens (including phenoxy) is 2. The summed E-state index contributed by atoms with van der Waals surface area (Å²) < 4.78 is 14.3. The lowest BCUT2D eigenvalue weighted by molar-refractivity contribution is -0.745. The number of aliphatic hydroxyl groups is 1. The van der Waals surface area contributed by atoms with Crippen LogP contribution >= 0.6 is 0 Å². The van der Waals surface area contributed by atoms with Crippen LogP contribution in [0.1, 0.15) is 13.2 Å². The molecule has 1 aliphatic heterocycles. The number of hydrogen-bond donors (Lipinski definition) is 3. The number of nitrogens with zero attached hydrogens (tertiary/aromatic N) is 3. The van der Waals surface area contributed by atoms with Crippen LogP contribution in [0.4, 0.5) is 5.95 Å². The number of nitrogens with one attached hydrogen (secondary N) is 1. The second-order valence-electron chi connectivity index (χ2n) is 5.60. The van der Waals surface area contributed by atoms with E-state index in [9.17, 15) is 9.90 Å². The van der Waals surface area contributed by atoms with E-state index in [1.54, 1.807) is 29.6 Å². The van der Waals surface area contributed by atoms with Gasteiger partial charge in [-0.15, -0.1) is 0 Å². The van der Waals surface area contributed by atoms with E-state index in [-0.39, 0.29) is 23.5 Å². The third-order valence-electron chi connectivity index (χ3n) is 4.11. The van der Waals surface area contributed by atoms with E-state index in [0.29, 0.717) is 17.8 Å². The predicted molar refractivity (Wildman–Crippen MR) is 76.9 cm³/mol. The molecular weight excluding hydrogens is 290 g/mol. The molecule has 4 atom stereocenters. The van der Waals surface area contributed by atoms with Crippen molar-refractivity contribution in [1.29, 1.82) is 0 Å². The lowest BCUT2D eigenvalue weighted by Gasteiger charge is -2.15. The van der Waals surface area contributed by atoms with Gasteiger partial charge in [0.1, 0.15) is 6.10 Å². The molecule has 0 amide bonds. The zero-order chi connectivity index (χ0) is 16.0. The van der Waals surface area contributed by atoms with Gasteiger partial charge in [-0.05, 0) is 6.92 Å². The van der Waals surface area contributed by atoms with Crippen LogP contribution in [0.25, 0.3) is 11.2 Å². The van der Waals surface area contributed by atoms with Gasteiger partial charge in [0.25, 0.3) is 11.5 Å². The van der Waals surface area contributed by atoms with E-state index >= 15 is 0 Å². The van der Waals surface area contributed by atoms with Crippen LogP contribution < -0.4 is 15.9 Å². The minimum Gasteiger partial charge on any atom is -0.386 e. The number of aliphatic hydroxyl groups excluding tert-OH is 1. The van der Waals surface area contributed by atoms with Crippen LogP contribution in [0.2, 0.25) is 0 Å². The van der Waals surface area contributed by atoms with Gasteiger partial charge in [0.05, 0.1) is 19.8 Å². The number of H-pyrrole nitrogens is 1. The number of nitrogen functional groups attached to an aromatic ring is 1. The van der Waals surface area contributed by atoms with Crippen molar-refractivity contribution in [1.82, 2.24) is 14.5 Å². The first-order chi connectivity index (χ1) is 10.4. The molecule has 3 heterocycles. The highest BCUT2D eigenvalue weighted by Gasteiger charge is 2.45. The highest BCUT2D eigenvalue weighted by atomic mass is 16.5. The summed E-state index contributed by atoms with van der Waals surface area (Å²) in [5, 5.41) is 10.5. The SMILES string of the molecule is COCC1[C@@H](O)[C@H]([n+]2cn(C)c3c(=O)[nH]c(N)nc32)O[C@@H]1C. The Morgan fingerprint density at radius 2 is 2.36 bits per heavy atom. The second kappa shape index (κ2) is 5.34. The van der Waals surface area contributed by atoms with Crippen LogP contribution in [0.5, 0.6) is 0 Å². The fraction of sp³-hybridized carbons (Fsp3) is 0.615. The summed E-state index contributed by atoms with van der Waals surface area (Å²) in [7, 11) is 3.31. The molecule has 1 unspecified atom stereocenters. The van der Waals surface area contributed by atoms with Gasteiger partial charge in [0.15, 0.2) is 6.33 Å². The number of imidazole rings is 1. The van der Waals surface area contributed by atoms with Crippen molar-refractivity contribution in [3.63, 3.8) is 0 Å². The van der Waals surface area contributed by atoms with Crippen molar-refractivity contribution in [3.8, 4) is 0 Å². The van der Waals surface area contributed by atoms with E-state index in [0.717, 1.165) is 0 Å². The third-order valence-corrected chi connectivity index (χ3v) is 4.11.